The molecule has 4 heteroatoms. The zero-order valence-electron chi connectivity index (χ0n) is 13.2. The minimum atomic E-state index is -0.330. The van der Waals surface area contributed by atoms with Crippen LogP contribution in [0.4, 0.5) is 0 Å². The summed E-state index contributed by atoms with van der Waals surface area (Å²) in [6, 6.07) is 10.5. The van der Waals surface area contributed by atoms with Crippen LogP contribution < -0.4 is 0 Å². The fourth-order valence-corrected chi connectivity index (χ4v) is 3.36. The Kier molecular flexibility index (Phi) is 4.18. The topological polar surface area (TPSA) is 54.5 Å². The van der Waals surface area contributed by atoms with Crippen LogP contribution in [0.1, 0.15) is 44.5 Å². The molecule has 114 valence electrons. The molecule has 1 aromatic carbocycles. The van der Waals surface area contributed by atoms with E-state index in [1.54, 1.807) is 0 Å². The summed E-state index contributed by atoms with van der Waals surface area (Å²) in [7, 11) is 0. The van der Waals surface area contributed by atoms with Crippen LogP contribution in [-0.2, 0) is 5.41 Å². The van der Waals surface area contributed by atoms with Crippen molar-refractivity contribution in [2.75, 3.05) is 0 Å². The van der Waals surface area contributed by atoms with Gasteiger partial charge in [-0.15, -0.1) is 10.2 Å². The first-order valence-corrected chi connectivity index (χ1v) is 7.94. The number of allylic oxidation sites excluding steroid dienone is 4. The molecule has 22 heavy (non-hydrogen) atoms. The number of nitrogens with one attached hydrogen (secondary N) is 1. The van der Waals surface area contributed by atoms with Crippen molar-refractivity contribution in [2.24, 2.45) is 5.92 Å². The third-order valence-corrected chi connectivity index (χ3v) is 4.49. The number of aromatic amines is 1. The third-order valence-electron chi connectivity index (χ3n) is 4.49. The number of aromatic nitrogens is 4. The second kappa shape index (κ2) is 6.26. The van der Waals surface area contributed by atoms with Crippen molar-refractivity contribution in [3.63, 3.8) is 0 Å². The van der Waals surface area contributed by atoms with Crippen LogP contribution in [0.25, 0.3) is 0 Å². The molecule has 1 aliphatic carbocycles. The molecule has 1 heterocycles. The molecule has 0 radical (unpaired) electrons. The van der Waals surface area contributed by atoms with Gasteiger partial charge in [-0.2, -0.15) is 5.21 Å². The van der Waals surface area contributed by atoms with Gasteiger partial charge in [-0.3, -0.25) is 0 Å². The van der Waals surface area contributed by atoms with Crippen molar-refractivity contribution in [2.45, 2.75) is 38.5 Å². The fourth-order valence-electron chi connectivity index (χ4n) is 3.36. The molecule has 1 N–H and O–H groups in total. The van der Waals surface area contributed by atoms with E-state index in [2.05, 4.69) is 77.0 Å². The van der Waals surface area contributed by atoms with E-state index in [0.29, 0.717) is 5.92 Å². The number of nitrogens with zero attached hydrogens (tertiary/aromatic N) is 3. The number of H-pyrrole nitrogens is 1. The van der Waals surface area contributed by atoms with Crippen molar-refractivity contribution in [3.8, 4) is 0 Å². The summed E-state index contributed by atoms with van der Waals surface area (Å²) in [5.41, 5.74) is 2.19. The van der Waals surface area contributed by atoms with Crippen molar-refractivity contribution in [3.05, 3.63) is 65.5 Å². The standard InChI is InChI=1S/C18H22N4/c1-3-4-8-16-13-14(2)11-12-18(16,17-19-21-22-20-17)15-9-6-5-7-10-15/h5-7,9-13,16H,3-4,8H2,1-2H3,(H,19,20,21,22). The van der Waals surface area contributed by atoms with Crippen molar-refractivity contribution in [1.82, 2.24) is 20.6 Å². The van der Waals surface area contributed by atoms with Crippen LogP contribution in [-0.4, -0.2) is 20.6 Å². The van der Waals surface area contributed by atoms with Crippen LogP contribution in [0.3, 0.4) is 0 Å². The Balaban J connectivity index is 2.14. The molecule has 1 aromatic heterocycles. The van der Waals surface area contributed by atoms with Gasteiger partial charge in [-0.05, 0) is 24.8 Å². The predicted octanol–water partition coefficient (Wildman–Crippen LogP) is 3.81. The summed E-state index contributed by atoms with van der Waals surface area (Å²) in [6.07, 6.45) is 10.3. The second-order valence-corrected chi connectivity index (χ2v) is 5.96. The van der Waals surface area contributed by atoms with Gasteiger partial charge in [0.05, 0.1) is 5.41 Å². The largest absolute Gasteiger partial charge is 0.189 e. The lowest BCUT2D eigenvalue weighted by Crippen LogP contribution is -2.37. The van der Waals surface area contributed by atoms with E-state index in [4.69, 9.17) is 0 Å². The van der Waals surface area contributed by atoms with Gasteiger partial charge in [0.1, 0.15) is 0 Å². The van der Waals surface area contributed by atoms with E-state index in [-0.39, 0.29) is 5.41 Å². The first-order valence-electron chi connectivity index (χ1n) is 7.94. The van der Waals surface area contributed by atoms with E-state index in [9.17, 15) is 0 Å². The van der Waals surface area contributed by atoms with E-state index >= 15 is 0 Å². The number of hydrogen-bond donors (Lipinski definition) is 1. The summed E-state index contributed by atoms with van der Waals surface area (Å²) in [6.45, 7) is 4.38. The third kappa shape index (κ3) is 2.49. The molecule has 0 aliphatic heterocycles. The molecule has 0 fully saturated rings. The lowest BCUT2D eigenvalue weighted by molar-refractivity contribution is 0.396. The van der Waals surface area contributed by atoms with Crippen LogP contribution in [0, 0.1) is 5.92 Å². The maximum Gasteiger partial charge on any atom is 0.189 e. The molecular formula is C18H22N4. The lowest BCUT2D eigenvalue weighted by atomic mass is 9.65. The number of unbranched alkanes of at least 4 members (excludes halogenated alkanes) is 1. The minimum Gasteiger partial charge on any atom is -0.177 e. The number of rotatable bonds is 5. The number of hydrogen-bond acceptors (Lipinski definition) is 3. The summed E-state index contributed by atoms with van der Waals surface area (Å²) in [5.74, 6) is 1.09. The molecule has 0 spiro atoms. The van der Waals surface area contributed by atoms with Crippen molar-refractivity contribution in [1.29, 1.82) is 0 Å². The second-order valence-electron chi connectivity index (χ2n) is 5.96. The van der Waals surface area contributed by atoms with Gasteiger partial charge in [0.2, 0.25) is 0 Å². The van der Waals surface area contributed by atoms with E-state index in [1.807, 2.05) is 6.07 Å². The highest BCUT2D eigenvalue weighted by Crippen LogP contribution is 2.44. The van der Waals surface area contributed by atoms with Crippen molar-refractivity contribution < 1.29 is 0 Å². The van der Waals surface area contributed by atoms with E-state index in [1.165, 1.54) is 24.0 Å². The van der Waals surface area contributed by atoms with E-state index < -0.39 is 0 Å². The summed E-state index contributed by atoms with van der Waals surface area (Å²) < 4.78 is 0. The van der Waals surface area contributed by atoms with E-state index in [0.717, 1.165) is 12.2 Å². The Labute approximate surface area is 131 Å². The molecule has 1 aliphatic rings. The van der Waals surface area contributed by atoms with Crippen LogP contribution in [0.5, 0.6) is 0 Å². The Morgan fingerprint density at radius 1 is 1.23 bits per heavy atom. The Hall–Kier alpha value is -2.23. The molecule has 2 unspecified atom stereocenters. The zero-order valence-corrected chi connectivity index (χ0v) is 13.2. The fraction of sp³-hybridized carbons (Fsp3) is 0.389. The molecule has 2 aromatic rings. The Morgan fingerprint density at radius 2 is 2.05 bits per heavy atom. The maximum absolute atomic E-state index is 4.34. The first kappa shape index (κ1) is 14.7. The lowest BCUT2D eigenvalue weighted by Gasteiger charge is -2.37. The predicted molar refractivity (Wildman–Crippen MR) is 87.3 cm³/mol. The molecule has 4 nitrogen and oxygen atoms in total. The number of tetrazole rings is 1. The smallest absolute Gasteiger partial charge is 0.177 e. The highest BCUT2D eigenvalue weighted by atomic mass is 15.5. The molecule has 0 bridgehead atoms. The molecule has 0 saturated carbocycles. The van der Waals surface area contributed by atoms with Gasteiger partial charge in [0, 0.05) is 0 Å². The van der Waals surface area contributed by atoms with Gasteiger partial charge in [-0.1, -0.05) is 79.1 Å². The maximum atomic E-state index is 4.34. The summed E-state index contributed by atoms with van der Waals surface area (Å²) >= 11 is 0. The minimum absolute atomic E-state index is 0.330. The highest BCUT2D eigenvalue weighted by molar-refractivity contribution is 5.46. The van der Waals surface area contributed by atoms with Gasteiger partial charge < -0.3 is 0 Å². The monoisotopic (exact) mass is 294 g/mol. The van der Waals surface area contributed by atoms with Crippen molar-refractivity contribution >= 4 is 0 Å². The highest BCUT2D eigenvalue weighted by Gasteiger charge is 2.43. The van der Waals surface area contributed by atoms with Gasteiger partial charge in [0.25, 0.3) is 0 Å². The van der Waals surface area contributed by atoms with Crippen LogP contribution in [0.2, 0.25) is 0 Å². The summed E-state index contributed by atoms with van der Waals surface area (Å²) in [5, 5.41) is 15.1. The average Bonchev–Trinajstić information content (AvgIpc) is 3.09. The molecule has 0 amide bonds. The van der Waals surface area contributed by atoms with Gasteiger partial charge in [-0.25, -0.2) is 0 Å². The number of benzene rings is 1. The quantitative estimate of drug-likeness (QED) is 0.912. The zero-order chi connectivity index (χ0) is 15.4. The Bertz CT molecular complexity index is 658. The molecule has 3 rings (SSSR count). The average molecular weight is 294 g/mol. The van der Waals surface area contributed by atoms with Crippen LogP contribution >= 0.6 is 0 Å². The van der Waals surface area contributed by atoms with Gasteiger partial charge in [0.15, 0.2) is 5.82 Å². The van der Waals surface area contributed by atoms with Gasteiger partial charge >= 0.3 is 0 Å². The van der Waals surface area contributed by atoms with Crippen LogP contribution in [0.15, 0.2) is 54.1 Å². The summed E-state index contributed by atoms with van der Waals surface area (Å²) in [4.78, 5) is 0. The SMILES string of the molecule is CCCCC1C=C(C)C=CC1(c1ccccc1)c1nn[nH]n1. The molecular weight excluding hydrogens is 272 g/mol. The Morgan fingerprint density at radius 3 is 2.73 bits per heavy atom. The normalized spacial score (nSPS) is 24.3. The molecule has 2 atom stereocenters. The first-order chi connectivity index (χ1) is 10.8. The molecule has 0 saturated heterocycles.